The molecule has 2 rings (SSSR count). The lowest BCUT2D eigenvalue weighted by Crippen LogP contribution is -2.38. The molecule has 1 aromatic heterocycles. The van der Waals surface area contributed by atoms with Crippen LogP contribution >= 0.6 is 70.4 Å². The SMILES string of the molecule is S=C(Sc1c(Cl)c(Cl)nc(Cl)c1Cl)N1CCOCC1. The number of thiocarbonyl (C=S) groups is 1. The molecular formula is C10H8Cl4N2OS2. The Morgan fingerprint density at radius 1 is 1.11 bits per heavy atom. The van der Waals surface area contributed by atoms with Crippen molar-refractivity contribution in [3.63, 3.8) is 0 Å². The van der Waals surface area contributed by atoms with Gasteiger partial charge in [-0.2, -0.15) is 0 Å². The number of halogens is 4. The minimum absolute atomic E-state index is 0.114. The molecule has 3 nitrogen and oxygen atoms in total. The number of morpholine rings is 1. The van der Waals surface area contributed by atoms with Crippen LogP contribution < -0.4 is 0 Å². The molecule has 9 heteroatoms. The maximum absolute atomic E-state index is 6.09. The first-order chi connectivity index (χ1) is 9.00. The van der Waals surface area contributed by atoms with Crippen LogP contribution in [-0.4, -0.2) is 40.5 Å². The monoisotopic (exact) mass is 376 g/mol. The largest absolute Gasteiger partial charge is 0.378 e. The molecule has 0 amide bonds. The van der Waals surface area contributed by atoms with E-state index in [4.69, 9.17) is 63.4 Å². The Hall–Kier alpha value is 0.510. The smallest absolute Gasteiger partial charge is 0.150 e. The molecule has 1 aromatic rings. The zero-order valence-corrected chi connectivity index (χ0v) is 14.1. The molecule has 0 atom stereocenters. The highest BCUT2D eigenvalue weighted by Gasteiger charge is 2.21. The summed E-state index contributed by atoms with van der Waals surface area (Å²) in [6.07, 6.45) is 0. The van der Waals surface area contributed by atoms with Gasteiger partial charge in [0, 0.05) is 13.1 Å². The molecule has 19 heavy (non-hydrogen) atoms. The van der Waals surface area contributed by atoms with E-state index in [9.17, 15) is 0 Å². The fraction of sp³-hybridized carbons (Fsp3) is 0.400. The number of thioether (sulfide) groups is 1. The third-order valence-corrected chi connectivity index (χ3v) is 5.67. The number of ether oxygens (including phenoxy) is 1. The second kappa shape index (κ2) is 6.98. The van der Waals surface area contributed by atoms with Gasteiger partial charge in [-0.25, -0.2) is 4.98 Å². The van der Waals surface area contributed by atoms with Gasteiger partial charge >= 0.3 is 0 Å². The van der Waals surface area contributed by atoms with E-state index in [-0.39, 0.29) is 20.4 Å². The molecule has 2 heterocycles. The van der Waals surface area contributed by atoms with Crippen LogP contribution in [-0.2, 0) is 4.74 Å². The minimum atomic E-state index is 0.114. The van der Waals surface area contributed by atoms with E-state index in [1.165, 1.54) is 11.8 Å². The number of aromatic nitrogens is 1. The zero-order chi connectivity index (χ0) is 14.0. The zero-order valence-electron chi connectivity index (χ0n) is 9.46. The lowest BCUT2D eigenvalue weighted by molar-refractivity contribution is 0.0702. The fourth-order valence-corrected chi connectivity index (χ4v) is 3.81. The van der Waals surface area contributed by atoms with Crippen molar-refractivity contribution in [3.8, 4) is 0 Å². The van der Waals surface area contributed by atoms with Crippen LogP contribution in [0.2, 0.25) is 20.4 Å². The number of rotatable bonds is 1. The molecule has 0 aromatic carbocycles. The maximum atomic E-state index is 6.09. The first kappa shape index (κ1) is 15.9. The summed E-state index contributed by atoms with van der Waals surface area (Å²) in [5.41, 5.74) is 0. The second-order valence-corrected chi connectivity index (χ2v) is 6.73. The van der Waals surface area contributed by atoms with Crippen molar-refractivity contribution in [3.05, 3.63) is 20.4 Å². The molecule has 104 valence electrons. The van der Waals surface area contributed by atoms with Gasteiger partial charge in [-0.05, 0) is 0 Å². The molecule has 1 aliphatic heterocycles. The molecule has 0 bridgehead atoms. The molecule has 0 spiro atoms. The topological polar surface area (TPSA) is 25.4 Å². The van der Waals surface area contributed by atoms with Crippen LogP contribution in [0.15, 0.2) is 4.90 Å². The van der Waals surface area contributed by atoms with Crippen LogP contribution in [0.5, 0.6) is 0 Å². The standard InChI is InChI=1S/C10H8Cl4N2OS2/c11-5-7(6(12)9(14)15-8(5)13)19-10(18)16-1-3-17-4-2-16/h1-4H2. The van der Waals surface area contributed by atoms with Crippen molar-refractivity contribution >= 4 is 74.7 Å². The third kappa shape index (κ3) is 3.79. The molecular weight excluding hydrogens is 370 g/mol. The van der Waals surface area contributed by atoms with Gasteiger partial charge in [-0.15, -0.1) is 0 Å². The first-order valence-corrected chi connectivity index (χ1v) is 7.99. The van der Waals surface area contributed by atoms with Gasteiger partial charge in [0.25, 0.3) is 0 Å². The third-order valence-electron chi connectivity index (χ3n) is 2.42. The number of hydrogen-bond acceptors (Lipinski definition) is 4. The predicted molar refractivity (Wildman–Crippen MR) is 85.1 cm³/mol. The average molecular weight is 378 g/mol. The molecule has 0 unspecified atom stereocenters. The normalized spacial score (nSPS) is 15.7. The van der Waals surface area contributed by atoms with Crippen molar-refractivity contribution in [1.82, 2.24) is 9.88 Å². The summed E-state index contributed by atoms with van der Waals surface area (Å²) >= 11 is 30.6. The van der Waals surface area contributed by atoms with Crippen LogP contribution in [0.3, 0.4) is 0 Å². The molecule has 1 saturated heterocycles. The molecule has 1 aliphatic rings. The van der Waals surface area contributed by atoms with E-state index in [1.807, 2.05) is 4.90 Å². The van der Waals surface area contributed by atoms with E-state index >= 15 is 0 Å². The quantitative estimate of drug-likeness (QED) is 0.410. The summed E-state index contributed by atoms with van der Waals surface area (Å²) in [5.74, 6) is 0. The Morgan fingerprint density at radius 2 is 1.63 bits per heavy atom. The van der Waals surface area contributed by atoms with Gasteiger partial charge in [-0.1, -0.05) is 70.4 Å². The van der Waals surface area contributed by atoms with Crippen LogP contribution in [0.1, 0.15) is 0 Å². The molecule has 0 N–H and O–H groups in total. The van der Waals surface area contributed by atoms with Gasteiger partial charge in [0.1, 0.15) is 4.32 Å². The minimum Gasteiger partial charge on any atom is -0.378 e. The predicted octanol–water partition coefficient (Wildman–Crippen LogP) is 4.40. The van der Waals surface area contributed by atoms with Crippen molar-refractivity contribution in [2.24, 2.45) is 0 Å². The highest BCUT2D eigenvalue weighted by molar-refractivity contribution is 8.23. The average Bonchev–Trinajstić information content (AvgIpc) is 2.42. The summed E-state index contributed by atoms with van der Waals surface area (Å²) in [4.78, 5) is 6.39. The van der Waals surface area contributed by atoms with E-state index in [0.29, 0.717) is 22.4 Å². The van der Waals surface area contributed by atoms with E-state index < -0.39 is 0 Å². The van der Waals surface area contributed by atoms with Crippen molar-refractivity contribution in [2.75, 3.05) is 26.3 Å². The van der Waals surface area contributed by atoms with Gasteiger partial charge in [0.05, 0.1) is 28.2 Å². The Morgan fingerprint density at radius 3 is 2.16 bits per heavy atom. The van der Waals surface area contributed by atoms with E-state index in [1.54, 1.807) is 0 Å². The highest BCUT2D eigenvalue weighted by Crippen LogP contribution is 2.41. The Bertz CT molecular complexity index is 483. The lowest BCUT2D eigenvalue weighted by Gasteiger charge is -2.28. The van der Waals surface area contributed by atoms with Gasteiger partial charge in [0.15, 0.2) is 10.3 Å². The van der Waals surface area contributed by atoms with Crippen molar-refractivity contribution < 1.29 is 4.74 Å². The molecule has 0 radical (unpaired) electrons. The van der Waals surface area contributed by atoms with Gasteiger partial charge < -0.3 is 9.64 Å². The second-order valence-electron chi connectivity index (χ2n) is 3.62. The van der Waals surface area contributed by atoms with E-state index in [2.05, 4.69) is 4.98 Å². The van der Waals surface area contributed by atoms with Crippen molar-refractivity contribution in [2.45, 2.75) is 4.90 Å². The fourth-order valence-electron chi connectivity index (χ4n) is 1.46. The Labute approximate surface area is 140 Å². The highest BCUT2D eigenvalue weighted by atomic mass is 35.5. The van der Waals surface area contributed by atoms with Crippen molar-refractivity contribution in [1.29, 1.82) is 0 Å². The molecule has 0 aliphatic carbocycles. The van der Waals surface area contributed by atoms with E-state index in [0.717, 1.165) is 13.1 Å². The Balaban J connectivity index is 2.20. The molecule has 0 saturated carbocycles. The van der Waals surface area contributed by atoms with Gasteiger partial charge in [0.2, 0.25) is 0 Å². The van der Waals surface area contributed by atoms with Crippen LogP contribution in [0.4, 0.5) is 0 Å². The summed E-state index contributed by atoms with van der Waals surface area (Å²) in [7, 11) is 0. The van der Waals surface area contributed by atoms with Crippen LogP contribution in [0, 0.1) is 0 Å². The number of nitrogens with zero attached hydrogens (tertiary/aromatic N) is 2. The molecule has 1 fully saturated rings. The number of pyridine rings is 1. The lowest BCUT2D eigenvalue weighted by atomic mass is 10.5. The maximum Gasteiger partial charge on any atom is 0.150 e. The number of hydrogen-bond donors (Lipinski definition) is 0. The summed E-state index contributed by atoms with van der Waals surface area (Å²) < 4.78 is 5.93. The Kier molecular flexibility index (Phi) is 5.84. The summed E-state index contributed by atoms with van der Waals surface area (Å²) in [6.45, 7) is 2.79. The first-order valence-electron chi connectivity index (χ1n) is 5.25. The van der Waals surface area contributed by atoms with Crippen LogP contribution in [0.25, 0.3) is 0 Å². The summed E-state index contributed by atoms with van der Waals surface area (Å²) in [6, 6.07) is 0. The summed E-state index contributed by atoms with van der Waals surface area (Å²) in [5, 5.41) is 0.750. The van der Waals surface area contributed by atoms with Gasteiger partial charge in [-0.3, -0.25) is 0 Å².